The van der Waals surface area contributed by atoms with Gasteiger partial charge in [-0.15, -0.1) is 0 Å². The number of nitrogens with two attached hydrogens (primary N) is 1. The van der Waals surface area contributed by atoms with E-state index in [2.05, 4.69) is 50.2 Å². The molecule has 3 rings (SSSR count). The van der Waals surface area contributed by atoms with E-state index in [1.165, 1.54) is 18.4 Å². The zero-order valence-corrected chi connectivity index (χ0v) is 13.1. The second-order valence-electron chi connectivity index (χ2n) is 6.82. The summed E-state index contributed by atoms with van der Waals surface area (Å²) < 4.78 is 5.64. The van der Waals surface area contributed by atoms with Gasteiger partial charge < -0.3 is 10.3 Å². The SMILES string of the molecule is CC(C)c1ccc(-c2c(N)noc2C2(C)CCCC2)cc1. The number of aromatic nitrogens is 1. The molecule has 3 nitrogen and oxygen atoms in total. The number of nitrogens with zero attached hydrogens (tertiary/aromatic N) is 1. The summed E-state index contributed by atoms with van der Waals surface area (Å²) in [5.74, 6) is 2.01. The molecular weight excluding hydrogens is 260 g/mol. The lowest BCUT2D eigenvalue weighted by atomic mass is 9.82. The molecule has 0 radical (unpaired) electrons. The van der Waals surface area contributed by atoms with Crippen LogP contribution in [0.25, 0.3) is 11.1 Å². The van der Waals surface area contributed by atoms with Gasteiger partial charge in [0, 0.05) is 5.41 Å². The first-order valence-electron chi connectivity index (χ1n) is 7.87. The minimum absolute atomic E-state index is 0.0800. The molecule has 0 spiro atoms. The van der Waals surface area contributed by atoms with Gasteiger partial charge in [-0.3, -0.25) is 0 Å². The molecule has 0 saturated heterocycles. The Morgan fingerprint density at radius 3 is 2.33 bits per heavy atom. The summed E-state index contributed by atoms with van der Waals surface area (Å²) in [6.07, 6.45) is 4.81. The first-order valence-corrected chi connectivity index (χ1v) is 7.87. The second kappa shape index (κ2) is 5.21. The van der Waals surface area contributed by atoms with Crippen LogP contribution in [0.2, 0.25) is 0 Å². The summed E-state index contributed by atoms with van der Waals surface area (Å²) in [6, 6.07) is 8.63. The molecule has 21 heavy (non-hydrogen) atoms. The van der Waals surface area contributed by atoms with Crippen LogP contribution in [0.1, 0.15) is 63.7 Å². The van der Waals surface area contributed by atoms with Crippen LogP contribution < -0.4 is 5.73 Å². The van der Waals surface area contributed by atoms with Crippen LogP contribution in [0.4, 0.5) is 5.82 Å². The monoisotopic (exact) mass is 284 g/mol. The maximum atomic E-state index is 6.09. The lowest BCUT2D eigenvalue weighted by Gasteiger charge is -2.21. The average Bonchev–Trinajstić information content (AvgIpc) is 3.06. The van der Waals surface area contributed by atoms with Gasteiger partial charge in [0.05, 0.1) is 5.56 Å². The molecule has 1 aliphatic carbocycles. The Hall–Kier alpha value is -1.77. The van der Waals surface area contributed by atoms with Crippen molar-refractivity contribution in [1.29, 1.82) is 0 Å². The number of benzene rings is 1. The van der Waals surface area contributed by atoms with Crippen LogP contribution in [0.15, 0.2) is 28.8 Å². The maximum absolute atomic E-state index is 6.09. The minimum Gasteiger partial charge on any atom is -0.380 e. The molecule has 0 amide bonds. The molecule has 0 bridgehead atoms. The first kappa shape index (κ1) is 14.2. The Kier molecular flexibility index (Phi) is 3.52. The third kappa shape index (κ3) is 2.45. The van der Waals surface area contributed by atoms with Gasteiger partial charge in [-0.2, -0.15) is 0 Å². The molecule has 1 saturated carbocycles. The highest BCUT2D eigenvalue weighted by Crippen LogP contribution is 2.46. The van der Waals surface area contributed by atoms with E-state index in [0.29, 0.717) is 11.7 Å². The largest absolute Gasteiger partial charge is 0.380 e. The Balaban J connectivity index is 2.04. The molecular formula is C18H24N2O. The standard InChI is InChI=1S/C18H24N2O/c1-12(2)13-6-8-14(9-7-13)15-16(21-20-17(15)19)18(3)10-4-5-11-18/h6-9,12H,4-5,10-11H2,1-3H3,(H2,19,20). The molecule has 1 fully saturated rings. The van der Waals surface area contributed by atoms with Crippen molar-refractivity contribution in [2.45, 2.75) is 57.8 Å². The highest BCUT2D eigenvalue weighted by atomic mass is 16.5. The van der Waals surface area contributed by atoms with Gasteiger partial charge in [-0.1, -0.05) is 63.0 Å². The van der Waals surface area contributed by atoms with Gasteiger partial charge in [0.25, 0.3) is 0 Å². The average molecular weight is 284 g/mol. The fourth-order valence-corrected chi connectivity index (χ4v) is 3.41. The molecule has 1 heterocycles. The van der Waals surface area contributed by atoms with Gasteiger partial charge in [-0.05, 0) is 29.9 Å². The third-order valence-corrected chi connectivity index (χ3v) is 4.84. The quantitative estimate of drug-likeness (QED) is 0.874. The van der Waals surface area contributed by atoms with E-state index >= 15 is 0 Å². The predicted molar refractivity (Wildman–Crippen MR) is 86.3 cm³/mol. The third-order valence-electron chi connectivity index (χ3n) is 4.84. The van der Waals surface area contributed by atoms with Gasteiger partial charge in [-0.25, -0.2) is 0 Å². The van der Waals surface area contributed by atoms with E-state index in [4.69, 9.17) is 10.3 Å². The predicted octanol–water partition coefficient (Wildman–Crippen LogP) is 4.88. The van der Waals surface area contributed by atoms with Crippen LogP contribution in [0.3, 0.4) is 0 Å². The lowest BCUT2D eigenvalue weighted by molar-refractivity contribution is 0.307. The number of rotatable bonds is 3. The van der Waals surface area contributed by atoms with Crippen LogP contribution in [0, 0.1) is 0 Å². The summed E-state index contributed by atoms with van der Waals surface area (Å²) in [4.78, 5) is 0. The number of hydrogen-bond acceptors (Lipinski definition) is 3. The van der Waals surface area contributed by atoms with E-state index in [1.807, 2.05) is 0 Å². The molecule has 2 aromatic rings. The smallest absolute Gasteiger partial charge is 0.175 e. The lowest BCUT2D eigenvalue weighted by Crippen LogP contribution is -2.17. The van der Waals surface area contributed by atoms with Gasteiger partial charge in [0.1, 0.15) is 0 Å². The van der Waals surface area contributed by atoms with Gasteiger partial charge >= 0.3 is 0 Å². The van der Waals surface area contributed by atoms with E-state index in [-0.39, 0.29) is 5.41 Å². The van der Waals surface area contributed by atoms with Crippen LogP contribution in [-0.4, -0.2) is 5.16 Å². The summed E-state index contributed by atoms with van der Waals surface area (Å²) in [7, 11) is 0. The molecule has 0 aliphatic heterocycles. The van der Waals surface area contributed by atoms with Crippen LogP contribution in [0.5, 0.6) is 0 Å². The van der Waals surface area contributed by atoms with Crippen LogP contribution >= 0.6 is 0 Å². The number of anilines is 1. The maximum Gasteiger partial charge on any atom is 0.175 e. The fourth-order valence-electron chi connectivity index (χ4n) is 3.41. The van der Waals surface area contributed by atoms with Gasteiger partial charge in [0.2, 0.25) is 0 Å². The van der Waals surface area contributed by atoms with E-state index in [0.717, 1.165) is 29.7 Å². The molecule has 1 aromatic heterocycles. The highest BCUT2D eigenvalue weighted by Gasteiger charge is 2.37. The van der Waals surface area contributed by atoms with Crippen molar-refractivity contribution in [2.24, 2.45) is 0 Å². The van der Waals surface area contributed by atoms with Gasteiger partial charge in [0.15, 0.2) is 11.6 Å². The number of nitrogen functional groups attached to an aromatic ring is 1. The highest BCUT2D eigenvalue weighted by molar-refractivity contribution is 5.76. The molecule has 1 aromatic carbocycles. The summed E-state index contributed by atoms with van der Waals surface area (Å²) in [5.41, 5.74) is 9.62. The molecule has 0 unspecified atom stereocenters. The number of hydrogen-bond donors (Lipinski definition) is 1. The summed E-state index contributed by atoms with van der Waals surface area (Å²) in [5, 5.41) is 4.04. The first-order chi connectivity index (χ1) is 10.0. The fraction of sp³-hybridized carbons (Fsp3) is 0.500. The Bertz CT molecular complexity index is 619. The zero-order valence-electron chi connectivity index (χ0n) is 13.1. The van der Waals surface area contributed by atoms with Crippen molar-refractivity contribution in [3.63, 3.8) is 0 Å². The van der Waals surface area contributed by atoms with Crippen molar-refractivity contribution in [3.05, 3.63) is 35.6 Å². The van der Waals surface area contributed by atoms with E-state index < -0.39 is 0 Å². The van der Waals surface area contributed by atoms with E-state index in [9.17, 15) is 0 Å². The molecule has 2 N–H and O–H groups in total. The second-order valence-corrected chi connectivity index (χ2v) is 6.82. The Labute approximate surface area is 126 Å². The molecule has 0 atom stereocenters. The van der Waals surface area contributed by atoms with Crippen molar-refractivity contribution in [1.82, 2.24) is 5.16 Å². The van der Waals surface area contributed by atoms with Crippen LogP contribution in [-0.2, 0) is 5.41 Å². The minimum atomic E-state index is 0.0800. The van der Waals surface area contributed by atoms with Crippen molar-refractivity contribution >= 4 is 5.82 Å². The van der Waals surface area contributed by atoms with E-state index in [1.54, 1.807) is 0 Å². The normalized spacial score (nSPS) is 17.5. The summed E-state index contributed by atoms with van der Waals surface area (Å²) >= 11 is 0. The zero-order chi connectivity index (χ0) is 15.0. The summed E-state index contributed by atoms with van der Waals surface area (Å²) in [6.45, 7) is 6.67. The van der Waals surface area contributed by atoms with Crippen molar-refractivity contribution in [2.75, 3.05) is 5.73 Å². The van der Waals surface area contributed by atoms with Crippen molar-refractivity contribution < 1.29 is 4.52 Å². The Morgan fingerprint density at radius 1 is 1.14 bits per heavy atom. The topological polar surface area (TPSA) is 52.0 Å². The molecule has 112 valence electrons. The Morgan fingerprint density at radius 2 is 1.76 bits per heavy atom. The molecule has 1 aliphatic rings. The van der Waals surface area contributed by atoms with Crippen molar-refractivity contribution in [3.8, 4) is 11.1 Å². The molecule has 3 heteroatoms.